The van der Waals surface area contributed by atoms with E-state index in [0.29, 0.717) is 0 Å². The van der Waals surface area contributed by atoms with E-state index < -0.39 is 0 Å². The van der Waals surface area contributed by atoms with Gasteiger partial charge in [0.1, 0.15) is 0 Å². The Hall–Kier alpha value is -0.870. The van der Waals surface area contributed by atoms with Crippen LogP contribution >= 0.6 is 0 Å². The predicted molar refractivity (Wildman–Crippen MR) is 56.0 cm³/mol. The molecule has 0 aromatic carbocycles. The van der Waals surface area contributed by atoms with Crippen molar-refractivity contribution in [2.24, 2.45) is 7.05 Å². The van der Waals surface area contributed by atoms with Crippen LogP contribution in [0.1, 0.15) is 25.1 Å². The summed E-state index contributed by atoms with van der Waals surface area (Å²) < 4.78 is 1.83. The standard InChI is InChI=1S/C10H19N3O/c1-4-10-9(6-13(3)12-10)5-11-8(2)7-14/h6,8,11,14H,4-5,7H2,1-3H3/t8-/m1/s1. The van der Waals surface area contributed by atoms with Gasteiger partial charge in [-0.15, -0.1) is 0 Å². The molecule has 4 heteroatoms. The summed E-state index contributed by atoms with van der Waals surface area (Å²) in [6.07, 6.45) is 2.97. The number of hydrogen-bond acceptors (Lipinski definition) is 3. The third kappa shape index (κ3) is 2.82. The highest BCUT2D eigenvalue weighted by Crippen LogP contribution is 2.06. The summed E-state index contributed by atoms with van der Waals surface area (Å²) in [7, 11) is 1.93. The largest absolute Gasteiger partial charge is 0.395 e. The molecule has 0 bridgehead atoms. The molecule has 1 aromatic heterocycles. The van der Waals surface area contributed by atoms with Crippen LogP contribution in [0.25, 0.3) is 0 Å². The fourth-order valence-corrected chi connectivity index (χ4v) is 1.38. The van der Waals surface area contributed by atoms with Crippen molar-refractivity contribution in [3.8, 4) is 0 Å². The van der Waals surface area contributed by atoms with Gasteiger partial charge in [0, 0.05) is 31.4 Å². The molecule has 0 saturated heterocycles. The predicted octanol–water partition coefficient (Wildman–Crippen LogP) is 0.453. The number of aliphatic hydroxyl groups is 1. The molecule has 1 aromatic rings. The zero-order chi connectivity index (χ0) is 10.6. The molecule has 1 heterocycles. The molecule has 0 amide bonds. The average molecular weight is 197 g/mol. The van der Waals surface area contributed by atoms with Crippen LogP contribution in [0, 0.1) is 0 Å². The lowest BCUT2D eigenvalue weighted by Gasteiger charge is -2.09. The van der Waals surface area contributed by atoms with E-state index in [1.54, 1.807) is 0 Å². The second-order valence-corrected chi connectivity index (χ2v) is 3.59. The highest BCUT2D eigenvalue weighted by molar-refractivity contribution is 5.16. The quantitative estimate of drug-likeness (QED) is 0.720. The van der Waals surface area contributed by atoms with Crippen molar-refractivity contribution < 1.29 is 5.11 Å². The molecule has 4 nitrogen and oxygen atoms in total. The third-order valence-electron chi connectivity index (χ3n) is 2.24. The van der Waals surface area contributed by atoms with Gasteiger partial charge in [-0.1, -0.05) is 6.92 Å². The molecule has 0 saturated carbocycles. The Bertz CT molecular complexity index is 283. The Morgan fingerprint density at radius 3 is 2.93 bits per heavy atom. The Morgan fingerprint density at radius 2 is 2.36 bits per heavy atom. The van der Waals surface area contributed by atoms with E-state index in [-0.39, 0.29) is 12.6 Å². The number of rotatable bonds is 5. The molecule has 14 heavy (non-hydrogen) atoms. The summed E-state index contributed by atoms with van der Waals surface area (Å²) in [6.45, 7) is 5.00. The molecular weight excluding hydrogens is 178 g/mol. The minimum atomic E-state index is 0.139. The van der Waals surface area contributed by atoms with Crippen molar-refractivity contribution >= 4 is 0 Å². The Kier molecular flexibility index (Phi) is 4.10. The van der Waals surface area contributed by atoms with Crippen molar-refractivity contribution in [3.63, 3.8) is 0 Å². The van der Waals surface area contributed by atoms with Gasteiger partial charge in [-0.2, -0.15) is 5.10 Å². The molecule has 80 valence electrons. The Balaban J connectivity index is 2.57. The van der Waals surface area contributed by atoms with Gasteiger partial charge < -0.3 is 10.4 Å². The zero-order valence-electron chi connectivity index (χ0n) is 9.12. The molecule has 0 radical (unpaired) electrons. The van der Waals surface area contributed by atoms with Crippen molar-refractivity contribution in [1.29, 1.82) is 0 Å². The number of aliphatic hydroxyl groups excluding tert-OH is 1. The van der Waals surface area contributed by atoms with Gasteiger partial charge in [0.05, 0.1) is 12.3 Å². The van der Waals surface area contributed by atoms with Crippen LogP contribution < -0.4 is 5.32 Å². The van der Waals surface area contributed by atoms with Gasteiger partial charge in [0.25, 0.3) is 0 Å². The molecular formula is C10H19N3O. The summed E-state index contributed by atoms with van der Waals surface area (Å²) in [5, 5.41) is 16.4. The van der Waals surface area contributed by atoms with Crippen LogP contribution in [0.4, 0.5) is 0 Å². The maximum absolute atomic E-state index is 8.86. The van der Waals surface area contributed by atoms with Gasteiger partial charge in [0.15, 0.2) is 0 Å². The van der Waals surface area contributed by atoms with Crippen LogP contribution in [0.3, 0.4) is 0 Å². The second-order valence-electron chi connectivity index (χ2n) is 3.59. The Morgan fingerprint density at radius 1 is 1.64 bits per heavy atom. The minimum absolute atomic E-state index is 0.139. The maximum atomic E-state index is 8.86. The van der Waals surface area contributed by atoms with Crippen LogP contribution in [0.5, 0.6) is 0 Å². The monoisotopic (exact) mass is 197 g/mol. The van der Waals surface area contributed by atoms with Crippen LogP contribution in [-0.2, 0) is 20.0 Å². The average Bonchev–Trinajstić information content (AvgIpc) is 2.55. The van der Waals surface area contributed by atoms with E-state index >= 15 is 0 Å². The van der Waals surface area contributed by atoms with E-state index in [2.05, 4.69) is 17.3 Å². The lowest BCUT2D eigenvalue weighted by atomic mass is 10.2. The summed E-state index contributed by atoms with van der Waals surface area (Å²) >= 11 is 0. The molecule has 2 N–H and O–H groups in total. The van der Waals surface area contributed by atoms with Crippen molar-refractivity contribution in [1.82, 2.24) is 15.1 Å². The Labute approximate surface area is 84.9 Å². The summed E-state index contributed by atoms with van der Waals surface area (Å²) in [6, 6.07) is 0.139. The van der Waals surface area contributed by atoms with E-state index in [1.165, 1.54) is 5.56 Å². The fourth-order valence-electron chi connectivity index (χ4n) is 1.38. The van der Waals surface area contributed by atoms with Crippen molar-refractivity contribution in [2.75, 3.05) is 6.61 Å². The minimum Gasteiger partial charge on any atom is -0.395 e. The van der Waals surface area contributed by atoms with E-state index in [0.717, 1.165) is 18.7 Å². The molecule has 0 fully saturated rings. The van der Waals surface area contributed by atoms with Gasteiger partial charge >= 0.3 is 0 Å². The lowest BCUT2D eigenvalue weighted by Crippen LogP contribution is -2.28. The van der Waals surface area contributed by atoms with Crippen molar-refractivity contribution in [3.05, 3.63) is 17.5 Å². The van der Waals surface area contributed by atoms with Crippen LogP contribution in [0.15, 0.2) is 6.20 Å². The molecule has 0 aliphatic heterocycles. The number of aryl methyl sites for hydroxylation is 2. The number of aromatic nitrogens is 2. The number of hydrogen-bond donors (Lipinski definition) is 2. The number of nitrogens with zero attached hydrogens (tertiary/aromatic N) is 2. The normalized spacial score (nSPS) is 13.1. The van der Waals surface area contributed by atoms with Gasteiger partial charge in [0.2, 0.25) is 0 Å². The molecule has 1 rings (SSSR count). The summed E-state index contributed by atoms with van der Waals surface area (Å²) in [5.41, 5.74) is 2.35. The molecule has 0 aliphatic carbocycles. The molecule has 1 atom stereocenters. The third-order valence-corrected chi connectivity index (χ3v) is 2.24. The smallest absolute Gasteiger partial charge is 0.0666 e. The zero-order valence-corrected chi connectivity index (χ0v) is 9.12. The second kappa shape index (κ2) is 5.12. The van der Waals surface area contributed by atoms with E-state index in [4.69, 9.17) is 5.11 Å². The first-order chi connectivity index (χ1) is 6.67. The highest BCUT2D eigenvalue weighted by atomic mass is 16.3. The molecule has 0 unspecified atom stereocenters. The first-order valence-corrected chi connectivity index (χ1v) is 5.03. The number of nitrogens with one attached hydrogen (secondary N) is 1. The first kappa shape index (κ1) is 11.2. The van der Waals surface area contributed by atoms with Gasteiger partial charge in [-0.3, -0.25) is 4.68 Å². The highest BCUT2D eigenvalue weighted by Gasteiger charge is 2.06. The first-order valence-electron chi connectivity index (χ1n) is 5.03. The topological polar surface area (TPSA) is 50.1 Å². The maximum Gasteiger partial charge on any atom is 0.0666 e. The molecule has 0 aliphatic rings. The van der Waals surface area contributed by atoms with Crippen molar-refractivity contribution in [2.45, 2.75) is 32.9 Å². The van der Waals surface area contributed by atoms with Crippen LogP contribution in [-0.4, -0.2) is 27.5 Å². The van der Waals surface area contributed by atoms with Gasteiger partial charge in [-0.05, 0) is 13.3 Å². The van der Waals surface area contributed by atoms with Crippen LogP contribution in [0.2, 0.25) is 0 Å². The van der Waals surface area contributed by atoms with Gasteiger partial charge in [-0.25, -0.2) is 0 Å². The molecule has 0 spiro atoms. The summed E-state index contributed by atoms with van der Waals surface area (Å²) in [4.78, 5) is 0. The van der Waals surface area contributed by atoms with E-state index in [1.807, 2.05) is 24.9 Å². The lowest BCUT2D eigenvalue weighted by molar-refractivity contribution is 0.251. The SMILES string of the molecule is CCc1nn(C)cc1CN[C@H](C)CO. The van der Waals surface area contributed by atoms with E-state index in [9.17, 15) is 0 Å². The summed E-state index contributed by atoms with van der Waals surface area (Å²) in [5.74, 6) is 0. The fraction of sp³-hybridized carbons (Fsp3) is 0.700.